The van der Waals surface area contributed by atoms with Crippen LogP contribution in [0, 0.1) is 11.8 Å². The molecular weight excluding hydrogens is 246 g/mol. The zero-order chi connectivity index (χ0) is 13.4. The third kappa shape index (κ3) is 2.27. The Morgan fingerprint density at radius 2 is 1.85 bits per heavy atom. The van der Waals surface area contributed by atoms with E-state index >= 15 is 0 Å². The molecule has 0 saturated carbocycles. The first-order chi connectivity index (χ1) is 9.88. The zero-order valence-corrected chi connectivity index (χ0v) is 11.8. The van der Waals surface area contributed by atoms with Crippen molar-refractivity contribution in [3.63, 3.8) is 0 Å². The molecule has 0 N–H and O–H groups in total. The van der Waals surface area contributed by atoms with Gasteiger partial charge in [0.1, 0.15) is 0 Å². The highest BCUT2D eigenvalue weighted by molar-refractivity contribution is 5.61. The fourth-order valence-corrected chi connectivity index (χ4v) is 3.78. The maximum atomic E-state index is 4.57. The van der Waals surface area contributed by atoms with Gasteiger partial charge in [0.15, 0.2) is 0 Å². The van der Waals surface area contributed by atoms with Crippen LogP contribution in [0.3, 0.4) is 0 Å². The van der Waals surface area contributed by atoms with E-state index in [9.17, 15) is 0 Å². The van der Waals surface area contributed by atoms with Crippen molar-refractivity contribution in [3.05, 3.63) is 42.7 Å². The first kappa shape index (κ1) is 12.2. The number of hydrogen-bond donors (Lipinski definition) is 0. The number of aromatic nitrogens is 2. The van der Waals surface area contributed by atoms with Gasteiger partial charge in [-0.05, 0) is 43.3 Å². The standard InChI is InChI=1S/C17H21N3/c1-2-4-14(5-3-1)16-10-18-20(12-16)13-17-11-19-8-6-15(17)7-9-19/h1-5,10,12,15,17H,6-9,11,13H2. The minimum Gasteiger partial charge on any atom is -0.303 e. The summed E-state index contributed by atoms with van der Waals surface area (Å²) in [5.74, 6) is 1.71. The topological polar surface area (TPSA) is 21.1 Å². The van der Waals surface area contributed by atoms with Crippen molar-refractivity contribution >= 4 is 0 Å². The van der Waals surface area contributed by atoms with E-state index in [2.05, 4.69) is 51.2 Å². The Kier molecular flexibility index (Phi) is 3.07. The molecule has 20 heavy (non-hydrogen) atoms. The van der Waals surface area contributed by atoms with Crippen LogP contribution in [0.25, 0.3) is 11.1 Å². The van der Waals surface area contributed by atoms with Gasteiger partial charge < -0.3 is 4.90 Å². The van der Waals surface area contributed by atoms with E-state index in [4.69, 9.17) is 0 Å². The summed E-state index contributed by atoms with van der Waals surface area (Å²) in [7, 11) is 0. The largest absolute Gasteiger partial charge is 0.303 e. The molecule has 1 atom stereocenters. The fourth-order valence-electron chi connectivity index (χ4n) is 3.78. The van der Waals surface area contributed by atoms with Gasteiger partial charge in [0.2, 0.25) is 0 Å². The molecule has 104 valence electrons. The molecular formula is C17H21N3. The van der Waals surface area contributed by atoms with E-state index in [0.29, 0.717) is 0 Å². The van der Waals surface area contributed by atoms with Crippen LogP contribution in [0.15, 0.2) is 42.7 Å². The van der Waals surface area contributed by atoms with Crippen molar-refractivity contribution in [1.82, 2.24) is 14.7 Å². The SMILES string of the molecule is c1ccc(-c2cnn(CC3CN4CCC3CC4)c2)cc1. The average Bonchev–Trinajstić information content (AvgIpc) is 2.98. The van der Waals surface area contributed by atoms with Gasteiger partial charge >= 0.3 is 0 Å². The normalized spacial score (nSPS) is 28.7. The summed E-state index contributed by atoms with van der Waals surface area (Å²) in [5.41, 5.74) is 2.49. The van der Waals surface area contributed by atoms with Crippen LogP contribution in [-0.2, 0) is 6.54 Å². The van der Waals surface area contributed by atoms with Gasteiger partial charge in [-0.2, -0.15) is 5.10 Å². The third-order valence-electron chi connectivity index (χ3n) is 4.95. The number of nitrogens with zero attached hydrogens (tertiary/aromatic N) is 3. The van der Waals surface area contributed by atoms with Crippen molar-refractivity contribution in [2.45, 2.75) is 19.4 Å². The molecule has 0 amide bonds. The lowest BCUT2D eigenvalue weighted by Gasteiger charge is -2.44. The Balaban J connectivity index is 1.49. The van der Waals surface area contributed by atoms with Crippen molar-refractivity contribution in [2.75, 3.05) is 19.6 Å². The summed E-state index contributed by atoms with van der Waals surface area (Å²) in [5, 5.41) is 4.57. The van der Waals surface area contributed by atoms with Crippen molar-refractivity contribution in [3.8, 4) is 11.1 Å². The lowest BCUT2D eigenvalue weighted by Crippen LogP contribution is -2.48. The van der Waals surface area contributed by atoms with Crippen LogP contribution < -0.4 is 0 Å². The van der Waals surface area contributed by atoms with Gasteiger partial charge in [-0.3, -0.25) is 4.68 Å². The lowest BCUT2D eigenvalue weighted by molar-refractivity contribution is 0.0405. The number of hydrogen-bond acceptors (Lipinski definition) is 2. The number of rotatable bonds is 3. The summed E-state index contributed by atoms with van der Waals surface area (Å²) in [6.45, 7) is 4.98. The predicted molar refractivity (Wildman–Crippen MR) is 80.3 cm³/mol. The van der Waals surface area contributed by atoms with Gasteiger partial charge in [-0.15, -0.1) is 0 Å². The van der Waals surface area contributed by atoms with E-state index < -0.39 is 0 Å². The van der Waals surface area contributed by atoms with E-state index in [1.165, 1.54) is 43.6 Å². The molecule has 2 bridgehead atoms. The Morgan fingerprint density at radius 1 is 1.05 bits per heavy atom. The molecule has 4 heterocycles. The molecule has 3 aliphatic heterocycles. The molecule has 3 heteroatoms. The van der Waals surface area contributed by atoms with Crippen LogP contribution in [0.5, 0.6) is 0 Å². The van der Waals surface area contributed by atoms with Crippen LogP contribution in [0.2, 0.25) is 0 Å². The van der Waals surface area contributed by atoms with E-state index in [1.807, 2.05) is 6.20 Å². The van der Waals surface area contributed by atoms with Gasteiger partial charge in [-0.25, -0.2) is 0 Å². The van der Waals surface area contributed by atoms with E-state index in [0.717, 1.165) is 18.4 Å². The predicted octanol–water partition coefficient (Wildman–Crippen LogP) is 2.89. The third-order valence-corrected chi connectivity index (χ3v) is 4.95. The Labute approximate surface area is 120 Å². The maximum absolute atomic E-state index is 4.57. The molecule has 3 fully saturated rings. The molecule has 3 aliphatic rings. The van der Waals surface area contributed by atoms with Crippen molar-refractivity contribution in [2.24, 2.45) is 11.8 Å². The van der Waals surface area contributed by atoms with E-state index in [1.54, 1.807) is 0 Å². The first-order valence-electron chi connectivity index (χ1n) is 7.69. The minimum atomic E-state index is 0.793. The second-order valence-corrected chi connectivity index (χ2v) is 6.22. The lowest BCUT2D eigenvalue weighted by atomic mass is 9.79. The molecule has 0 aliphatic carbocycles. The molecule has 3 nitrogen and oxygen atoms in total. The molecule has 1 aromatic heterocycles. The molecule has 5 rings (SSSR count). The van der Waals surface area contributed by atoms with Gasteiger partial charge in [0.05, 0.1) is 6.20 Å². The highest BCUT2D eigenvalue weighted by atomic mass is 15.3. The molecule has 0 spiro atoms. The average molecular weight is 267 g/mol. The maximum Gasteiger partial charge on any atom is 0.0568 e. The zero-order valence-electron chi connectivity index (χ0n) is 11.8. The van der Waals surface area contributed by atoms with Gasteiger partial charge in [0, 0.05) is 24.8 Å². The Bertz CT molecular complexity index is 567. The highest BCUT2D eigenvalue weighted by Crippen LogP contribution is 2.33. The van der Waals surface area contributed by atoms with Crippen LogP contribution in [0.1, 0.15) is 12.8 Å². The highest BCUT2D eigenvalue weighted by Gasteiger charge is 2.34. The van der Waals surface area contributed by atoms with Gasteiger partial charge in [-0.1, -0.05) is 30.3 Å². The number of benzene rings is 1. The van der Waals surface area contributed by atoms with Gasteiger partial charge in [0.25, 0.3) is 0 Å². The molecule has 1 aromatic carbocycles. The monoisotopic (exact) mass is 267 g/mol. The van der Waals surface area contributed by atoms with Crippen LogP contribution >= 0.6 is 0 Å². The smallest absolute Gasteiger partial charge is 0.0568 e. The van der Waals surface area contributed by atoms with Crippen molar-refractivity contribution < 1.29 is 0 Å². The number of piperidine rings is 3. The fraction of sp³-hybridized carbons (Fsp3) is 0.471. The van der Waals surface area contributed by atoms with Crippen LogP contribution in [-0.4, -0.2) is 34.3 Å². The van der Waals surface area contributed by atoms with Crippen molar-refractivity contribution in [1.29, 1.82) is 0 Å². The summed E-state index contributed by atoms with van der Waals surface area (Å²) in [4.78, 5) is 2.62. The molecule has 1 unspecified atom stereocenters. The molecule has 0 radical (unpaired) electrons. The second-order valence-electron chi connectivity index (χ2n) is 6.22. The van der Waals surface area contributed by atoms with Crippen LogP contribution in [0.4, 0.5) is 0 Å². The Hall–Kier alpha value is -1.61. The molecule has 2 aromatic rings. The molecule has 3 saturated heterocycles. The second kappa shape index (κ2) is 5.06. The summed E-state index contributed by atoms with van der Waals surface area (Å²) in [6, 6.07) is 10.5. The quantitative estimate of drug-likeness (QED) is 0.852. The Morgan fingerprint density at radius 3 is 2.55 bits per heavy atom. The first-order valence-corrected chi connectivity index (χ1v) is 7.69. The minimum absolute atomic E-state index is 0.793. The summed E-state index contributed by atoms with van der Waals surface area (Å²) in [6.07, 6.45) is 6.97. The summed E-state index contributed by atoms with van der Waals surface area (Å²) < 4.78 is 2.15. The van der Waals surface area contributed by atoms with E-state index in [-0.39, 0.29) is 0 Å². The number of fused-ring (bicyclic) bond motifs is 3. The summed E-state index contributed by atoms with van der Waals surface area (Å²) >= 11 is 0.